The number of nitrogen functional groups attached to an aromatic ring is 1. The molecule has 0 saturated heterocycles. The van der Waals surface area contributed by atoms with E-state index in [1.165, 1.54) is 0 Å². The highest BCUT2D eigenvalue weighted by Gasteiger charge is 2.15. The molecule has 0 fully saturated rings. The molecule has 3 N–H and O–H groups in total. The van der Waals surface area contributed by atoms with Gasteiger partial charge in [-0.15, -0.1) is 0 Å². The average Bonchev–Trinajstić information content (AvgIpc) is 2.42. The number of fused-ring (bicyclic) bond motifs is 1. The van der Waals surface area contributed by atoms with E-state index in [-0.39, 0.29) is 5.91 Å². The third-order valence-corrected chi connectivity index (χ3v) is 3.84. The molecule has 0 aliphatic carbocycles. The summed E-state index contributed by atoms with van der Waals surface area (Å²) in [4.78, 5) is 11.3. The second kappa shape index (κ2) is 5.32. The Bertz CT molecular complexity index is 686. The zero-order valence-corrected chi connectivity index (χ0v) is 12.8. The molecule has 0 radical (unpaired) electrons. The van der Waals surface area contributed by atoms with Crippen molar-refractivity contribution in [3.63, 3.8) is 0 Å². The van der Waals surface area contributed by atoms with E-state index < -0.39 is 0 Å². The Morgan fingerprint density at radius 3 is 2.80 bits per heavy atom. The number of ether oxygens (including phenoxy) is 1. The van der Waals surface area contributed by atoms with Crippen molar-refractivity contribution in [1.82, 2.24) is 0 Å². The van der Waals surface area contributed by atoms with E-state index in [4.69, 9.17) is 10.5 Å². The van der Waals surface area contributed by atoms with Crippen LogP contribution in [0.3, 0.4) is 0 Å². The van der Waals surface area contributed by atoms with Crippen molar-refractivity contribution in [3.8, 4) is 11.5 Å². The summed E-state index contributed by atoms with van der Waals surface area (Å²) in [5.41, 5.74) is 8.51. The fourth-order valence-corrected chi connectivity index (χ4v) is 2.68. The molecule has 20 heavy (non-hydrogen) atoms. The molecule has 2 aromatic carbocycles. The van der Waals surface area contributed by atoms with Gasteiger partial charge in [-0.2, -0.15) is 0 Å². The van der Waals surface area contributed by atoms with Crippen molar-refractivity contribution in [2.45, 2.75) is 12.8 Å². The monoisotopic (exact) mass is 380 g/mol. The van der Waals surface area contributed by atoms with E-state index in [1.807, 2.05) is 36.4 Å². The van der Waals surface area contributed by atoms with Crippen LogP contribution in [0.15, 0.2) is 36.4 Å². The number of nitrogens with two attached hydrogens (primary N) is 1. The van der Waals surface area contributed by atoms with Crippen molar-refractivity contribution in [3.05, 3.63) is 45.5 Å². The minimum absolute atomic E-state index is 0.0630. The van der Waals surface area contributed by atoms with Gasteiger partial charge < -0.3 is 15.8 Å². The van der Waals surface area contributed by atoms with Crippen LogP contribution in [-0.2, 0) is 11.2 Å². The SMILES string of the molecule is Nc1cc(I)ccc1Oc1ccc2c(c1)CCC(=O)N2. The van der Waals surface area contributed by atoms with Gasteiger partial charge in [0, 0.05) is 15.7 Å². The number of amides is 1. The molecule has 0 spiro atoms. The average molecular weight is 380 g/mol. The molecule has 0 aromatic heterocycles. The number of hydrogen-bond donors (Lipinski definition) is 2. The summed E-state index contributed by atoms with van der Waals surface area (Å²) in [7, 11) is 0. The standard InChI is InChI=1S/C15H13IN2O2/c16-10-2-5-14(12(17)8-10)20-11-3-4-13-9(7-11)1-6-15(19)18-13/h2-5,7-8H,1,6,17H2,(H,18,19). The third kappa shape index (κ3) is 2.72. The first-order valence-electron chi connectivity index (χ1n) is 6.27. The number of carbonyl (C=O) groups excluding carboxylic acids is 1. The minimum atomic E-state index is 0.0630. The number of benzene rings is 2. The number of rotatable bonds is 2. The highest BCUT2D eigenvalue weighted by atomic mass is 127. The molecule has 3 rings (SSSR count). The molecular formula is C15H13IN2O2. The smallest absolute Gasteiger partial charge is 0.224 e. The topological polar surface area (TPSA) is 64.3 Å². The maximum absolute atomic E-state index is 11.3. The highest BCUT2D eigenvalue weighted by molar-refractivity contribution is 14.1. The van der Waals surface area contributed by atoms with Crippen LogP contribution in [0.25, 0.3) is 0 Å². The third-order valence-electron chi connectivity index (χ3n) is 3.17. The molecule has 0 atom stereocenters. The first-order chi connectivity index (χ1) is 9.61. The zero-order valence-electron chi connectivity index (χ0n) is 10.7. The quantitative estimate of drug-likeness (QED) is 0.619. The van der Waals surface area contributed by atoms with Gasteiger partial charge in [-0.25, -0.2) is 0 Å². The predicted molar refractivity (Wildman–Crippen MR) is 87.0 cm³/mol. The Kier molecular flexibility index (Phi) is 3.52. The molecular weight excluding hydrogens is 367 g/mol. The summed E-state index contributed by atoms with van der Waals surface area (Å²) < 4.78 is 6.89. The van der Waals surface area contributed by atoms with E-state index in [0.717, 1.165) is 27.0 Å². The number of hydrogen-bond acceptors (Lipinski definition) is 3. The maximum atomic E-state index is 11.3. The van der Waals surface area contributed by atoms with E-state index in [1.54, 1.807) is 0 Å². The van der Waals surface area contributed by atoms with Crippen molar-refractivity contribution in [2.75, 3.05) is 11.1 Å². The summed E-state index contributed by atoms with van der Waals surface area (Å²) in [5.74, 6) is 1.44. The summed E-state index contributed by atoms with van der Waals surface area (Å²) in [6.07, 6.45) is 1.25. The van der Waals surface area contributed by atoms with Crippen LogP contribution < -0.4 is 15.8 Å². The van der Waals surface area contributed by atoms with Gasteiger partial charge >= 0.3 is 0 Å². The second-order valence-corrected chi connectivity index (χ2v) is 5.90. The Hall–Kier alpha value is -1.76. The number of carbonyl (C=O) groups is 1. The van der Waals surface area contributed by atoms with E-state index in [0.29, 0.717) is 17.9 Å². The van der Waals surface area contributed by atoms with Crippen LogP contribution in [0.4, 0.5) is 11.4 Å². The van der Waals surface area contributed by atoms with E-state index >= 15 is 0 Å². The van der Waals surface area contributed by atoms with E-state index in [2.05, 4.69) is 27.9 Å². The molecule has 1 aliphatic heterocycles. The largest absolute Gasteiger partial charge is 0.455 e. The normalized spacial score (nSPS) is 13.6. The van der Waals surface area contributed by atoms with Crippen molar-refractivity contribution in [2.24, 2.45) is 0 Å². The molecule has 102 valence electrons. The highest BCUT2D eigenvalue weighted by Crippen LogP contribution is 2.32. The van der Waals surface area contributed by atoms with Gasteiger partial charge in [0.2, 0.25) is 5.91 Å². The van der Waals surface area contributed by atoms with Crippen LogP contribution in [0.2, 0.25) is 0 Å². The Morgan fingerprint density at radius 1 is 1.15 bits per heavy atom. The van der Waals surface area contributed by atoms with Crippen molar-refractivity contribution in [1.29, 1.82) is 0 Å². The molecule has 1 heterocycles. The van der Waals surface area contributed by atoms with Crippen LogP contribution >= 0.6 is 22.6 Å². The fraction of sp³-hybridized carbons (Fsp3) is 0.133. The van der Waals surface area contributed by atoms with Gasteiger partial charge in [-0.1, -0.05) is 0 Å². The summed E-state index contributed by atoms with van der Waals surface area (Å²) >= 11 is 2.21. The van der Waals surface area contributed by atoms with Gasteiger partial charge in [-0.3, -0.25) is 4.79 Å². The Labute approximate surface area is 130 Å². The Morgan fingerprint density at radius 2 is 2.00 bits per heavy atom. The van der Waals surface area contributed by atoms with Crippen molar-refractivity contribution < 1.29 is 9.53 Å². The number of aryl methyl sites for hydroxylation is 1. The number of anilines is 2. The van der Waals surface area contributed by atoms with Gasteiger partial charge in [0.25, 0.3) is 0 Å². The van der Waals surface area contributed by atoms with Gasteiger partial charge in [0.15, 0.2) is 0 Å². The lowest BCUT2D eigenvalue weighted by atomic mass is 10.0. The van der Waals surface area contributed by atoms with Gasteiger partial charge in [0.05, 0.1) is 5.69 Å². The first-order valence-corrected chi connectivity index (χ1v) is 7.35. The second-order valence-electron chi connectivity index (χ2n) is 4.65. The number of halogens is 1. The Balaban J connectivity index is 1.86. The van der Waals surface area contributed by atoms with Crippen LogP contribution in [0.5, 0.6) is 11.5 Å². The van der Waals surface area contributed by atoms with Gasteiger partial charge in [0.1, 0.15) is 11.5 Å². The minimum Gasteiger partial charge on any atom is -0.455 e. The van der Waals surface area contributed by atoms with Gasteiger partial charge in [-0.05, 0) is 71.0 Å². The van der Waals surface area contributed by atoms with Crippen LogP contribution in [-0.4, -0.2) is 5.91 Å². The van der Waals surface area contributed by atoms with E-state index in [9.17, 15) is 4.79 Å². The molecule has 1 aliphatic rings. The summed E-state index contributed by atoms with van der Waals surface area (Å²) in [6.45, 7) is 0. The lowest BCUT2D eigenvalue weighted by Gasteiger charge is -2.18. The molecule has 0 saturated carbocycles. The molecule has 0 unspecified atom stereocenters. The lowest BCUT2D eigenvalue weighted by Crippen LogP contribution is -2.18. The molecule has 2 aromatic rings. The first kappa shape index (κ1) is 13.2. The summed E-state index contributed by atoms with van der Waals surface area (Å²) in [6, 6.07) is 11.3. The molecule has 4 nitrogen and oxygen atoms in total. The number of nitrogens with one attached hydrogen (secondary N) is 1. The fourth-order valence-electron chi connectivity index (χ4n) is 2.16. The molecule has 5 heteroatoms. The lowest BCUT2D eigenvalue weighted by molar-refractivity contribution is -0.116. The van der Waals surface area contributed by atoms with Crippen molar-refractivity contribution >= 4 is 39.9 Å². The molecule has 0 bridgehead atoms. The summed E-state index contributed by atoms with van der Waals surface area (Å²) in [5, 5.41) is 2.85. The molecule has 1 amide bonds. The predicted octanol–water partition coefficient (Wildman–Crippen LogP) is 3.55. The van der Waals surface area contributed by atoms with Crippen LogP contribution in [0.1, 0.15) is 12.0 Å². The zero-order chi connectivity index (χ0) is 14.1. The maximum Gasteiger partial charge on any atom is 0.224 e. The van der Waals surface area contributed by atoms with Crippen LogP contribution in [0, 0.1) is 3.57 Å².